The first-order chi connectivity index (χ1) is 9.42. The van der Waals surface area contributed by atoms with Gasteiger partial charge in [-0.3, -0.25) is 9.78 Å². The summed E-state index contributed by atoms with van der Waals surface area (Å²) in [6, 6.07) is -0.899. The van der Waals surface area contributed by atoms with Crippen molar-refractivity contribution >= 4 is 19.6 Å². The third kappa shape index (κ3) is 7.44. The van der Waals surface area contributed by atoms with Crippen LogP contribution in [0, 0.1) is 5.92 Å². The second-order valence-corrected chi connectivity index (χ2v) is 4.20. The van der Waals surface area contributed by atoms with Gasteiger partial charge in [0.15, 0.2) is 0 Å². The minimum atomic E-state index is -1.05. The van der Waals surface area contributed by atoms with Gasteiger partial charge >= 0.3 is 13.7 Å². The van der Waals surface area contributed by atoms with E-state index in [-0.39, 0.29) is 19.3 Å². The molecule has 1 radical (unpaired) electrons. The molecule has 0 aliphatic heterocycles. The predicted molar refractivity (Wildman–Crippen MR) is 70.6 cm³/mol. The average molecular weight is 282 g/mol. The normalized spacial score (nSPS) is 11.1. The molecule has 0 aliphatic carbocycles. The highest BCUT2D eigenvalue weighted by molar-refractivity contribution is 6.13. The maximum absolute atomic E-state index is 11.7. The largest absolute Gasteiger partial charge is 0.482 e. The standard InChI is InChI=1S/C11H15N3O3.BH2O2/c1-7(2)5-8(11(16)17)14-10(15)9-6-12-3-4-13-9;2-1-3/h3-4,6-8H,5H2,1-2H3,(H,14,15)(H,16,17);2-3H. The van der Waals surface area contributed by atoms with Crippen LogP contribution in [-0.4, -0.2) is 50.7 Å². The molecule has 1 atom stereocenters. The summed E-state index contributed by atoms with van der Waals surface area (Å²) in [4.78, 5) is 30.2. The van der Waals surface area contributed by atoms with Crippen molar-refractivity contribution in [2.75, 3.05) is 0 Å². The minimum Gasteiger partial charge on any atom is -0.480 e. The molecule has 1 heterocycles. The highest BCUT2D eigenvalue weighted by Crippen LogP contribution is 2.05. The zero-order chi connectivity index (χ0) is 15.5. The molecule has 8 nitrogen and oxygen atoms in total. The molecule has 0 saturated carbocycles. The number of amides is 1. The molecule has 0 fully saturated rings. The Labute approximate surface area is 117 Å². The molecule has 0 bridgehead atoms. The monoisotopic (exact) mass is 282 g/mol. The summed E-state index contributed by atoms with van der Waals surface area (Å²) in [5.74, 6) is -1.39. The molecule has 0 saturated heterocycles. The Bertz CT molecular complexity index is 416. The number of aromatic nitrogens is 2. The van der Waals surface area contributed by atoms with Gasteiger partial charge in [0.05, 0.1) is 6.20 Å². The molecule has 0 aliphatic rings. The summed E-state index contributed by atoms with van der Waals surface area (Å²) in [5, 5.41) is 25.4. The Morgan fingerprint density at radius 1 is 1.35 bits per heavy atom. The fourth-order valence-corrected chi connectivity index (χ4v) is 1.34. The molecule has 1 rings (SSSR count). The van der Waals surface area contributed by atoms with E-state index in [0.717, 1.165) is 0 Å². The third-order valence-corrected chi connectivity index (χ3v) is 2.11. The Kier molecular flexibility index (Phi) is 8.89. The number of hydrogen-bond acceptors (Lipinski definition) is 6. The lowest BCUT2D eigenvalue weighted by Gasteiger charge is -2.15. The van der Waals surface area contributed by atoms with Crippen molar-refractivity contribution in [3.05, 3.63) is 24.3 Å². The van der Waals surface area contributed by atoms with Gasteiger partial charge in [-0.05, 0) is 12.3 Å². The Hall–Kier alpha value is -2.00. The third-order valence-electron chi connectivity index (χ3n) is 2.11. The van der Waals surface area contributed by atoms with Crippen LogP contribution in [0.3, 0.4) is 0 Å². The first kappa shape index (κ1) is 18.0. The van der Waals surface area contributed by atoms with Crippen molar-refractivity contribution in [1.82, 2.24) is 15.3 Å². The SMILES string of the molecule is CC(C)CC(NC(=O)c1cnccn1)C(=O)O.O[B]O. The quantitative estimate of drug-likeness (QED) is 0.520. The molecule has 1 aromatic heterocycles. The number of nitrogens with one attached hydrogen (secondary N) is 1. The van der Waals surface area contributed by atoms with E-state index in [9.17, 15) is 9.59 Å². The van der Waals surface area contributed by atoms with E-state index in [1.165, 1.54) is 18.6 Å². The van der Waals surface area contributed by atoms with Crippen molar-refractivity contribution in [2.24, 2.45) is 5.92 Å². The van der Waals surface area contributed by atoms with E-state index in [2.05, 4.69) is 15.3 Å². The van der Waals surface area contributed by atoms with Gasteiger partial charge in [0.25, 0.3) is 5.91 Å². The first-order valence-electron chi connectivity index (χ1n) is 5.82. The number of carboxylic acids is 1. The van der Waals surface area contributed by atoms with Gasteiger partial charge in [-0.15, -0.1) is 0 Å². The van der Waals surface area contributed by atoms with E-state index in [0.29, 0.717) is 6.42 Å². The van der Waals surface area contributed by atoms with Crippen LogP contribution in [-0.2, 0) is 4.79 Å². The number of aliphatic carboxylic acids is 1. The van der Waals surface area contributed by atoms with Crippen molar-refractivity contribution < 1.29 is 24.7 Å². The molecule has 1 amide bonds. The van der Waals surface area contributed by atoms with E-state index in [1.807, 2.05) is 13.8 Å². The molecular weight excluding hydrogens is 265 g/mol. The number of hydrogen-bond donors (Lipinski definition) is 4. The lowest BCUT2D eigenvalue weighted by molar-refractivity contribution is -0.139. The summed E-state index contributed by atoms with van der Waals surface area (Å²) in [6.07, 6.45) is 4.50. The zero-order valence-corrected chi connectivity index (χ0v) is 11.2. The molecule has 9 heteroatoms. The number of rotatable bonds is 5. The Morgan fingerprint density at radius 2 is 1.95 bits per heavy atom. The molecule has 109 valence electrons. The van der Waals surface area contributed by atoms with Crippen LogP contribution in [0.2, 0.25) is 0 Å². The van der Waals surface area contributed by atoms with E-state index >= 15 is 0 Å². The van der Waals surface area contributed by atoms with Crippen LogP contribution in [0.5, 0.6) is 0 Å². The minimum absolute atomic E-state index is 0. The van der Waals surface area contributed by atoms with Crippen molar-refractivity contribution in [3.8, 4) is 0 Å². The van der Waals surface area contributed by atoms with Gasteiger partial charge < -0.3 is 20.5 Å². The van der Waals surface area contributed by atoms with Crippen molar-refractivity contribution in [3.63, 3.8) is 0 Å². The average Bonchev–Trinajstić information content (AvgIpc) is 2.39. The maximum Gasteiger partial charge on any atom is 0.482 e. The highest BCUT2D eigenvalue weighted by atomic mass is 16.4. The lowest BCUT2D eigenvalue weighted by Crippen LogP contribution is -2.41. The lowest BCUT2D eigenvalue weighted by atomic mass is 10.0. The summed E-state index contributed by atoms with van der Waals surface area (Å²) < 4.78 is 0. The first-order valence-corrected chi connectivity index (χ1v) is 5.82. The van der Waals surface area contributed by atoms with Gasteiger partial charge in [-0.2, -0.15) is 0 Å². The van der Waals surface area contributed by atoms with E-state index in [4.69, 9.17) is 15.2 Å². The fraction of sp³-hybridized carbons (Fsp3) is 0.455. The van der Waals surface area contributed by atoms with Crippen LogP contribution >= 0.6 is 0 Å². The van der Waals surface area contributed by atoms with Gasteiger partial charge in [-0.1, -0.05) is 13.8 Å². The Balaban J connectivity index is 0.00000110. The maximum atomic E-state index is 11.7. The van der Waals surface area contributed by atoms with E-state index in [1.54, 1.807) is 0 Å². The van der Waals surface area contributed by atoms with Gasteiger partial charge in [0, 0.05) is 12.4 Å². The van der Waals surface area contributed by atoms with Gasteiger partial charge in [-0.25, -0.2) is 9.78 Å². The molecule has 1 unspecified atom stereocenters. The molecule has 4 N–H and O–H groups in total. The molecule has 0 aromatic carbocycles. The number of carboxylic acid groups (broad SMARTS) is 1. The van der Waals surface area contributed by atoms with Crippen LogP contribution in [0.1, 0.15) is 30.8 Å². The summed E-state index contributed by atoms with van der Waals surface area (Å²) in [6.45, 7) is 3.79. The fourth-order valence-electron chi connectivity index (χ4n) is 1.34. The second kappa shape index (κ2) is 9.87. The predicted octanol–water partition coefficient (Wildman–Crippen LogP) is -0.789. The summed E-state index contributed by atoms with van der Waals surface area (Å²) in [5.41, 5.74) is 0.113. The van der Waals surface area contributed by atoms with Crippen LogP contribution in [0.4, 0.5) is 0 Å². The highest BCUT2D eigenvalue weighted by Gasteiger charge is 2.22. The summed E-state index contributed by atoms with van der Waals surface area (Å²) in [7, 11) is 0. The molecule has 1 aromatic rings. The second-order valence-electron chi connectivity index (χ2n) is 4.20. The van der Waals surface area contributed by atoms with Gasteiger partial charge in [0.1, 0.15) is 11.7 Å². The molecule has 0 spiro atoms. The van der Waals surface area contributed by atoms with E-state index < -0.39 is 17.9 Å². The smallest absolute Gasteiger partial charge is 0.480 e. The van der Waals surface area contributed by atoms with Gasteiger partial charge in [0.2, 0.25) is 0 Å². The van der Waals surface area contributed by atoms with Crippen LogP contribution in [0.25, 0.3) is 0 Å². The molecular formula is C11H17BN3O5. The van der Waals surface area contributed by atoms with Crippen molar-refractivity contribution in [1.29, 1.82) is 0 Å². The van der Waals surface area contributed by atoms with Crippen LogP contribution in [0.15, 0.2) is 18.6 Å². The zero-order valence-electron chi connectivity index (χ0n) is 11.2. The molecule has 20 heavy (non-hydrogen) atoms. The number of nitrogens with zero attached hydrogens (tertiary/aromatic N) is 2. The topological polar surface area (TPSA) is 133 Å². The number of carbonyl (C=O) groups excluding carboxylic acids is 1. The summed E-state index contributed by atoms with van der Waals surface area (Å²) >= 11 is 0. The number of carbonyl (C=O) groups is 2. The van der Waals surface area contributed by atoms with Crippen LogP contribution < -0.4 is 5.32 Å². The van der Waals surface area contributed by atoms with Crippen molar-refractivity contribution in [2.45, 2.75) is 26.3 Å². The Morgan fingerprint density at radius 3 is 2.35 bits per heavy atom.